The zero-order chi connectivity index (χ0) is 14.9. The van der Waals surface area contributed by atoms with Gasteiger partial charge in [-0.3, -0.25) is 4.79 Å². The molecule has 0 atom stereocenters. The lowest BCUT2D eigenvalue weighted by Crippen LogP contribution is -2.34. The Balaban J connectivity index is 1.51. The first-order valence-electron chi connectivity index (χ1n) is 8.25. The molecule has 0 heterocycles. The molecular weight excluding hydrogens is 260 g/mol. The molecule has 3 heteroatoms. The molecule has 1 aliphatic carbocycles. The van der Waals surface area contributed by atoms with Gasteiger partial charge in [-0.25, -0.2) is 0 Å². The number of rotatable bonds is 7. The summed E-state index contributed by atoms with van der Waals surface area (Å²) in [6, 6.07) is 10.0. The van der Waals surface area contributed by atoms with Crippen LogP contribution in [0.3, 0.4) is 0 Å². The van der Waals surface area contributed by atoms with Crippen LogP contribution in [0.5, 0.6) is 0 Å². The smallest absolute Gasteiger partial charge is 0.234 e. The third-order valence-corrected chi connectivity index (χ3v) is 4.48. The molecule has 1 aromatic rings. The zero-order valence-electron chi connectivity index (χ0n) is 13.1. The van der Waals surface area contributed by atoms with Gasteiger partial charge >= 0.3 is 0 Å². The zero-order valence-corrected chi connectivity index (χ0v) is 13.1. The molecule has 21 heavy (non-hydrogen) atoms. The van der Waals surface area contributed by atoms with E-state index in [-0.39, 0.29) is 5.91 Å². The minimum absolute atomic E-state index is 0.0797. The molecule has 2 rings (SSSR count). The molecule has 0 spiro atoms. The van der Waals surface area contributed by atoms with E-state index in [4.69, 9.17) is 0 Å². The fourth-order valence-corrected chi connectivity index (χ4v) is 2.98. The van der Waals surface area contributed by atoms with E-state index in [1.54, 1.807) is 0 Å². The van der Waals surface area contributed by atoms with E-state index in [1.807, 2.05) is 30.3 Å². The van der Waals surface area contributed by atoms with Crippen molar-refractivity contribution < 1.29 is 4.79 Å². The first kappa shape index (κ1) is 16.0. The lowest BCUT2D eigenvalue weighted by Gasteiger charge is -2.26. The number of nitrogens with one attached hydrogen (secondary N) is 2. The number of hydrogen-bond donors (Lipinski definition) is 2. The van der Waals surface area contributed by atoms with Crippen molar-refractivity contribution in [3.63, 3.8) is 0 Å². The van der Waals surface area contributed by atoms with Crippen molar-refractivity contribution in [2.45, 2.75) is 45.6 Å². The second-order valence-electron chi connectivity index (χ2n) is 6.35. The molecule has 0 aliphatic heterocycles. The summed E-state index contributed by atoms with van der Waals surface area (Å²) in [7, 11) is 0. The number of carbonyl (C=O) groups excluding carboxylic acids is 1. The van der Waals surface area contributed by atoms with Gasteiger partial charge in [-0.15, -0.1) is 0 Å². The summed E-state index contributed by atoms with van der Waals surface area (Å²) >= 11 is 0. The summed E-state index contributed by atoms with van der Waals surface area (Å²) in [6.07, 6.45) is 6.69. The van der Waals surface area contributed by atoms with Crippen molar-refractivity contribution in [2.24, 2.45) is 11.8 Å². The van der Waals surface area contributed by atoms with E-state index < -0.39 is 0 Å². The van der Waals surface area contributed by atoms with E-state index in [9.17, 15) is 4.79 Å². The molecule has 0 unspecified atom stereocenters. The van der Waals surface area contributed by atoms with Crippen LogP contribution in [0, 0.1) is 11.8 Å². The predicted molar refractivity (Wildman–Crippen MR) is 86.9 cm³/mol. The lowest BCUT2D eigenvalue weighted by molar-refractivity contribution is -0.120. The number of carbonyl (C=O) groups is 1. The van der Waals surface area contributed by atoms with Gasteiger partial charge in [-0.1, -0.05) is 62.9 Å². The number of amides is 1. The van der Waals surface area contributed by atoms with E-state index in [1.165, 1.54) is 32.1 Å². The minimum atomic E-state index is 0.0797. The van der Waals surface area contributed by atoms with Gasteiger partial charge in [0.1, 0.15) is 0 Å². The van der Waals surface area contributed by atoms with E-state index in [0.717, 1.165) is 23.9 Å². The Kier molecular flexibility index (Phi) is 6.74. The molecule has 116 valence electrons. The maximum absolute atomic E-state index is 11.7. The summed E-state index contributed by atoms with van der Waals surface area (Å²) in [5.41, 5.74) is 1.14. The Morgan fingerprint density at radius 3 is 2.57 bits per heavy atom. The average Bonchev–Trinajstić information content (AvgIpc) is 2.52. The van der Waals surface area contributed by atoms with Gasteiger partial charge in [0, 0.05) is 6.54 Å². The quantitative estimate of drug-likeness (QED) is 0.757. The van der Waals surface area contributed by atoms with Gasteiger partial charge in [0.2, 0.25) is 5.91 Å². The fraction of sp³-hybridized carbons (Fsp3) is 0.611. The molecule has 1 fully saturated rings. The number of hydrogen-bond acceptors (Lipinski definition) is 2. The van der Waals surface area contributed by atoms with Crippen molar-refractivity contribution in [1.29, 1.82) is 0 Å². The van der Waals surface area contributed by atoms with Crippen LogP contribution in [-0.4, -0.2) is 19.0 Å². The van der Waals surface area contributed by atoms with Crippen LogP contribution in [0.1, 0.15) is 44.6 Å². The van der Waals surface area contributed by atoms with Crippen molar-refractivity contribution in [2.75, 3.05) is 13.1 Å². The van der Waals surface area contributed by atoms with Crippen LogP contribution in [0.4, 0.5) is 0 Å². The summed E-state index contributed by atoms with van der Waals surface area (Å²) in [4.78, 5) is 11.7. The highest BCUT2D eigenvalue weighted by molar-refractivity contribution is 5.77. The predicted octanol–water partition coefficient (Wildman–Crippen LogP) is 3.11. The van der Waals surface area contributed by atoms with Crippen LogP contribution in [-0.2, 0) is 11.3 Å². The first-order valence-corrected chi connectivity index (χ1v) is 8.25. The van der Waals surface area contributed by atoms with E-state index >= 15 is 0 Å². The van der Waals surface area contributed by atoms with Gasteiger partial charge in [-0.2, -0.15) is 0 Å². The normalized spacial score (nSPS) is 22.0. The Labute approximate surface area is 128 Å². The summed E-state index contributed by atoms with van der Waals surface area (Å²) < 4.78 is 0. The molecule has 1 amide bonds. The maximum Gasteiger partial charge on any atom is 0.234 e. The lowest BCUT2D eigenvalue weighted by atomic mass is 9.81. The van der Waals surface area contributed by atoms with E-state index in [0.29, 0.717) is 13.1 Å². The molecule has 1 aromatic carbocycles. The Morgan fingerprint density at radius 1 is 1.14 bits per heavy atom. The highest BCUT2D eigenvalue weighted by Crippen LogP contribution is 2.29. The molecule has 0 radical (unpaired) electrons. The third-order valence-electron chi connectivity index (χ3n) is 4.48. The fourth-order valence-electron chi connectivity index (χ4n) is 2.98. The molecule has 0 saturated heterocycles. The second kappa shape index (κ2) is 8.83. The topological polar surface area (TPSA) is 41.1 Å². The molecule has 0 bridgehead atoms. The molecule has 3 nitrogen and oxygen atoms in total. The van der Waals surface area contributed by atoms with Gasteiger partial charge in [0.15, 0.2) is 0 Å². The van der Waals surface area contributed by atoms with Crippen LogP contribution in [0.25, 0.3) is 0 Å². The molecule has 1 saturated carbocycles. The van der Waals surface area contributed by atoms with Crippen molar-refractivity contribution in [3.05, 3.63) is 35.9 Å². The van der Waals surface area contributed by atoms with E-state index in [2.05, 4.69) is 17.6 Å². The second-order valence-corrected chi connectivity index (χ2v) is 6.35. The Bertz CT molecular complexity index is 410. The van der Waals surface area contributed by atoms with Crippen LogP contribution in [0.2, 0.25) is 0 Å². The van der Waals surface area contributed by atoms with Crippen molar-refractivity contribution in [1.82, 2.24) is 10.6 Å². The third kappa shape index (κ3) is 6.30. The monoisotopic (exact) mass is 288 g/mol. The molecule has 0 aromatic heterocycles. The number of benzene rings is 1. The summed E-state index contributed by atoms with van der Waals surface area (Å²) in [5, 5.41) is 6.21. The van der Waals surface area contributed by atoms with Gasteiger partial charge in [0.25, 0.3) is 0 Å². The van der Waals surface area contributed by atoms with Gasteiger partial charge < -0.3 is 10.6 Å². The van der Waals surface area contributed by atoms with Crippen molar-refractivity contribution in [3.8, 4) is 0 Å². The maximum atomic E-state index is 11.7. The van der Waals surface area contributed by atoms with Crippen LogP contribution >= 0.6 is 0 Å². The minimum Gasteiger partial charge on any atom is -0.351 e. The van der Waals surface area contributed by atoms with Gasteiger partial charge in [-0.05, 0) is 30.4 Å². The SMILES string of the molecule is CC1CCC(CCNCC(=O)NCc2ccccc2)CC1. The molecule has 2 N–H and O–H groups in total. The summed E-state index contributed by atoms with van der Waals surface area (Å²) in [6.45, 7) is 4.35. The first-order chi connectivity index (χ1) is 10.2. The highest BCUT2D eigenvalue weighted by atomic mass is 16.1. The largest absolute Gasteiger partial charge is 0.351 e. The Morgan fingerprint density at radius 2 is 1.86 bits per heavy atom. The van der Waals surface area contributed by atoms with Crippen LogP contribution < -0.4 is 10.6 Å². The molecule has 1 aliphatic rings. The van der Waals surface area contributed by atoms with Crippen LogP contribution in [0.15, 0.2) is 30.3 Å². The average molecular weight is 288 g/mol. The Hall–Kier alpha value is -1.35. The van der Waals surface area contributed by atoms with Gasteiger partial charge in [0.05, 0.1) is 6.54 Å². The summed E-state index contributed by atoms with van der Waals surface area (Å²) in [5.74, 6) is 1.86. The van der Waals surface area contributed by atoms with Crippen molar-refractivity contribution >= 4 is 5.91 Å². The standard InChI is InChI=1S/C18H28N2O/c1-15-7-9-16(10-8-15)11-12-19-14-18(21)20-13-17-5-3-2-4-6-17/h2-6,15-16,19H,7-14H2,1H3,(H,20,21). The highest BCUT2D eigenvalue weighted by Gasteiger charge is 2.17. The molecular formula is C18H28N2O.